The first-order chi connectivity index (χ1) is 11.8. The van der Waals surface area contributed by atoms with Crippen LogP contribution in [0.3, 0.4) is 0 Å². The van der Waals surface area contributed by atoms with Crippen molar-refractivity contribution in [1.82, 2.24) is 4.98 Å². The van der Waals surface area contributed by atoms with E-state index in [1.54, 1.807) is 0 Å². The average molecular weight is 327 g/mol. The number of ether oxygens (including phenoxy) is 3. The highest BCUT2D eigenvalue weighted by atomic mass is 16.5. The molecule has 0 saturated heterocycles. The fraction of sp³-hybridized carbons (Fsp3) is 0.263. The Morgan fingerprint density at radius 3 is 2.29 bits per heavy atom. The molecule has 0 aliphatic rings. The second-order valence-electron chi connectivity index (χ2n) is 5.35. The number of benzene rings is 2. The number of rotatable bonds is 8. The third-order valence-corrected chi connectivity index (χ3v) is 3.57. The van der Waals surface area contributed by atoms with E-state index < -0.39 is 6.10 Å². The molecular weight excluding hydrogens is 306 g/mol. The molecule has 5 heteroatoms. The molecule has 5 nitrogen and oxygen atoms in total. The normalized spacial score (nSPS) is 12.1. The Morgan fingerprint density at radius 2 is 1.54 bits per heavy atom. The highest BCUT2D eigenvalue weighted by molar-refractivity contribution is 5.85. The van der Waals surface area contributed by atoms with E-state index in [0.29, 0.717) is 18.1 Å². The van der Waals surface area contributed by atoms with Crippen molar-refractivity contribution in [2.24, 2.45) is 0 Å². The van der Waals surface area contributed by atoms with Crippen LogP contribution in [0.4, 0.5) is 0 Å². The van der Waals surface area contributed by atoms with Crippen molar-refractivity contribution in [2.75, 3.05) is 19.8 Å². The number of aromatic amines is 1. The number of H-pyrrole nitrogens is 1. The van der Waals surface area contributed by atoms with Crippen molar-refractivity contribution in [2.45, 2.75) is 13.0 Å². The van der Waals surface area contributed by atoms with E-state index in [-0.39, 0.29) is 13.2 Å². The molecule has 0 amide bonds. The average Bonchev–Trinajstić information content (AvgIpc) is 3.08. The number of aliphatic hydroxyl groups is 1. The van der Waals surface area contributed by atoms with Gasteiger partial charge in [-0.2, -0.15) is 0 Å². The van der Waals surface area contributed by atoms with Crippen molar-refractivity contribution >= 4 is 10.9 Å². The molecule has 3 rings (SSSR count). The smallest absolute Gasteiger partial charge is 0.161 e. The molecular formula is C19H21NO4. The van der Waals surface area contributed by atoms with Gasteiger partial charge >= 0.3 is 0 Å². The van der Waals surface area contributed by atoms with Crippen molar-refractivity contribution in [1.29, 1.82) is 0 Å². The standard InChI is InChI=1S/C19H21NO4/c1-2-22-18-7-3-4-8-19(18)24-13-14(21)12-23-17-9-5-6-16-15(17)10-11-20-16/h3-11,14,20-21H,2,12-13H2,1H3. The van der Waals surface area contributed by atoms with Crippen LogP contribution in [-0.2, 0) is 0 Å². The summed E-state index contributed by atoms with van der Waals surface area (Å²) in [5.41, 5.74) is 1.00. The minimum atomic E-state index is -0.742. The first kappa shape index (κ1) is 16.2. The number of aromatic nitrogens is 1. The van der Waals surface area contributed by atoms with Gasteiger partial charge in [0.05, 0.1) is 6.61 Å². The lowest BCUT2D eigenvalue weighted by Crippen LogP contribution is -2.25. The lowest BCUT2D eigenvalue weighted by atomic mass is 10.2. The van der Waals surface area contributed by atoms with Gasteiger partial charge in [-0.05, 0) is 37.3 Å². The van der Waals surface area contributed by atoms with Crippen LogP contribution in [0.15, 0.2) is 54.7 Å². The molecule has 1 unspecified atom stereocenters. The van der Waals surface area contributed by atoms with Crippen LogP contribution >= 0.6 is 0 Å². The molecule has 0 radical (unpaired) electrons. The molecule has 24 heavy (non-hydrogen) atoms. The molecule has 126 valence electrons. The summed E-state index contributed by atoms with van der Waals surface area (Å²) in [7, 11) is 0. The lowest BCUT2D eigenvalue weighted by molar-refractivity contribution is 0.0620. The molecule has 1 aromatic heterocycles. The summed E-state index contributed by atoms with van der Waals surface area (Å²) < 4.78 is 16.9. The summed E-state index contributed by atoms with van der Waals surface area (Å²) in [6, 6.07) is 15.1. The number of nitrogens with one attached hydrogen (secondary N) is 1. The van der Waals surface area contributed by atoms with Crippen LogP contribution in [0, 0.1) is 0 Å². The number of hydrogen-bond donors (Lipinski definition) is 2. The van der Waals surface area contributed by atoms with Crippen molar-refractivity contribution in [3.63, 3.8) is 0 Å². The van der Waals surface area contributed by atoms with Gasteiger partial charge in [0, 0.05) is 17.1 Å². The fourth-order valence-electron chi connectivity index (χ4n) is 2.45. The summed E-state index contributed by atoms with van der Waals surface area (Å²) in [6.45, 7) is 2.77. The summed E-state index contributed by atoms with van der Waals surface area (Å²) in [5, 5.41) is 11.1. The highest BCUT2D eigenvalue weighted by Crippen LogP contribution is 2.27. The molecule has 0 bridgehead atoms. The maximum absolute atomic E-state index is 10.1. The zero-order valence-corrected chi connectivity index (χ0v) is 13.6. The van der Waals surface area contributed by atoms with Crippen molar-refractivity contribution < 1.29 is 19.3 Å². The molecule has 1 atom stereocenters. The molecule has 3 aromatic rings. The number of fused-ring (bicyclic) bond motifs is 1. The van der Waals surface area contributed by atoms with Crippen molar-refractivity contribution in [3.8, 4) is 17.2 Å². The van der Waals surface area contributed by atoms with Gasteiger partial charge in [-0.3, -0.25) is 0 Å². The largest absolute Gasteiger partial charge is 0.490 e. The molecule has 2 N–H and O–H groups in total. The van der Waals surface area contributed by atoms with Gasteiger partial charge in [-0.1, -0.05) is 18.2 Å². The first-order valence-corrected chi connectivity index (χ1v) is 7.99. The molecule has 0 saturated carbocycles. The van der Waals surface area contributed by atoms with Crippen LogP contribution in [-0.4, -0.2) is 36.0 Å². The van der Waals surface area contributed by atoms with E-state index in [1.807, 2.05) is 61.7 Å². The maximum atomic E-state index is 10.1. The van der Waals surface area contributed by atoms with Crippen LogP contribution < -0.4 is 14.2 Å². The second-order valence-corrected chi connectivity index (χ2v) is 5.35. The number of para-hydroxylation sites is 2. The van der Waals surface area contributed by atoms with E-state index in [2.05, 4.69) is 4.98 Å². The number of aliphatic hydroxyl groups excluding tert-OH is 1. The second kappa shape index (κ2) is 7.75. The summed E-state index contributed by atoms with van der Waals surface area (Å²) in [4.78, 5) is 3.13. The molecule has 0 aliphatic heterocycles. The molecule has 0 spiro atoms. The van der Waals surface area contributed by atoms with E-state index >= 15 is 0 Å². The Labute approximate surface area is 140 Å². The Kier molecular flexibility index (Phi) is 5.23. The van der Waals surface area contributed by atoms with Crippen LogP contribution in [0.25, 0.3) is 10.9 Å². The lowest BCUT2D eigenvalue weighted by Gasteiger charge is -2.16. The quantitative estimate of drug-likeness (QED) is 0.666. The Morgan fingerprint density at radius 1 is 0.875 bits per heavy atom. The predicted molar refractivity (Wildman–Crippen MR) is 92.9 cm³/mol. The Bertz CT molecular complexity index is 784. The van der Waals surface area contributed by atoms with Gasteiger partial charge in [0.2, 0.25) is 0 Å². The molecule has 0 aliphatic carbocycles. The van der Waals surface area contributed by atoms with E-state index in [1.165, 1.54) is 0 Å². The summed E-state index contributed by atoms with van der Waals surface area (Å²) in [5.74, 6) is 2.03. The minimum absolute atomic E-state index is 0.132. The van der Waals surface area contributed by atoms with Gasteiger partial charge in [0.25, 0.3) is 0 Å². The summed E-state index contributed by atoms with van der Waals surface area (Å²) >= 11 is 0. The van der Waals surface area contributed by atoms with E-state index in [4.69, 9.17) is 14.2 Å². The molecule has 2 aromatic carbocycles. The van der Waals surface area contributed by atoms with Crippen molar-refractivity contribution in [3.05, 3.63) is 54.7 Å². The number of hydrogen-bond acceptors (Lipinski definition) is 4. The van der Waals surface area contributed by atoms with E-state index in [0.717, 1.165) is 16.7 Å². The Hall–Kier alpha value is -2.66. The van der Waals surface area contributed by atoms with Gasteiger partial charge < -0.3 is 24.3 Å². The first-order valence-electron chi connectivity index (χ1n) is 7.99. The zero-order valence-electron chi connectivity index (χ0n) is 13.6. The highest BCUT2D eigenvalue weighted by Gasteiger charge is 2.11. The Balaban J connectivity index is 1.55. The molecule has 1 heterocycles. The van der Waals surface area contributed by atoms with Gasteiger partial charge in [0.1, 0.15) is 25.1 Å². The van der Waals surface area contributed by atoms with E-state index in [9.17, 15) is 5.11 Å². The van der Waals surface area contributed by atoms with Gasteiger partial charge in [-0.25, -0.2) is 0 Å². The summed E-state index contributed by atoms with van der Waals surface area (Å²) in [6.07, 6.45) is 1.12. The zero-order chi connectivity index (χ0) is 16.8. The SMILES string of the molecule is CCOc1ccccc1OCC(O)COc1cccc2[nH]ccc12. The monoisotopic (exact) mass is 327 g/mol. The third-order valence-electron chi connectivity index (χ3n) is 3.57. The van der Waals surface area contributed by atoms with Gasteiger partial charge in [0.15, 0.2) is 11.5 Å². The minimum Gasteiger partial charge on any atom is -0.490 e. The maximum Gasteiger partial charge on any atom is 0.161 e. The molecule has 0 fully saturated rings. The predicted octanol–water partition coefficient (Wildman–Crippen LogP) is 3.39. The topological polar surface area (TPSA) is 63.7 Å². The third kappa shape index (κ3) is 3.81. The van der Waals surface area contributed by atoms with Crippen LogP contribution in [0.5, 0.6) is 17.2 Å². The van der Waals surface area contributed by atoms with Crippen LogP contribution in [0.1, 0.15) is 6.92 Å². The van der Waals surface area contributed by atoms with Crippen LogP contribution in [0.2, 0.25) is 0 Å². The fourth-order valence-corrected chi connectivity index (χ4v) is 2.45. The van der Waals surface area contributed by atoms with Gasteiger partial charge in [-0.15, -0.1) is 0 Å².